The number of aliphatic imine (C=N–C) groups is 1. The minimum atomic E-state index is -0.736. The highest BCUT2D eigenvalue weighted by atomic mass is 35.5. The summed E-state index contributed by atoms with van der Waals surface area (Å²) in [6, 6.07) is 3.46. The Kier molecular flexibility index (Phi) is 5.48. The summed E-state index contributed by atoms with van der Waals surface area (Å²) >= 11 is 6.64. The van der Waals surface area contributed by atoms with Crippen LogP contribution in [-0.4, -0.2) is 43.6 Å². The third-order valence-corrected chi connectivity index (χ3v) is 6.68. The van der Waals surface area contributed by atoms with Crippen molar-refractivity contribution in [3.63, 3.8) is 0 Å². The molecular formula is C23H24ClNO6. The average molecular weight is 446 g/mol. The van der Waals surface area contributed by atoms with Crippen molar-refractivity contribution in [1.29, 1.82) is 0 Å². The van der Waals surface area contributed by atoms with Gasteiger partial charge in [0.2, 0.25) is 6.79 Å². The molecule has 1 aliphatic carbocycles. The maximum absolute atomic E-state index is 13.3. The highest BCUT2D eigenvalue weighted by Gasteiger charge is 2.44. The Labute approximate surface area is 185 Å². The van der Waals surface area contributed by atoms with E-state index in [1.807, 2.05) is 6.92 Å². The molecule has 5 rings (SSSR count). The van der Waals surface area contributed by atoms with Crippen molar-refractivity contribution in [2.75, 3.05) is 20.0 Å². The zero-order valence-corrected chi connectivity index (χ0v) is 18.1. The molecule has 8 heteroatoms. The van der Waals surface area contributed by atoms with Gasteiger partial charge in [-0.3, -0.25) is 14.6 Å². The lowest BCUT2D eigenvalue weighted by atomic mass is 9.71. The Balaban J connectivity index is 1.54. The molecule has 0 radical (unpaired) electrons. The monoisotopic (exact) mass is 445 g/mol. The van der Waals surface area contributed by atoms with Crippen LogP contribution >= 0.6 is 11.6 Å². The summed E-state index contributed by atoms with van der Waals surface area (Å²) in [6.45, 7) is 2.81. The number of esters is 1. The van der Waals surface area contributed by atoms with Crippen LogP contribution in [0, 0.1) is 5.92 Å². The van der Waals surface area contributed by atoms with Gasteiger partial charge in [0.05, 0.1) is 6.10 Å². The highest BCUT2D eigenvalue weighted by molar-refractivity contribution is 6.32. The molecule has 1 unspecified atom stereocenters. The first-order chi connectivity index (χ1) is 15.0. The smallest absolute Gasteiger partial charge is 0.315 e. The zero-order chi connectivity index (χ0) is 21.5. The molecule has 164 valence electrons. The van der Waals surface area contributed by atoms with Gasteiger partial charge in [-0.2, -0.15) is 0 Å². The van der Waals surface area contributed by atoms with Gasteiger partial charge in [0.15, 0.2) is 17.3 Å². The number of halogens is 1. The quantitative estimate of drug-likeness (QED) is 0.652. The minimum Gasteiger partial charge on any atom is -0.462 e. The Hall–Kier alpha value is -2.38. The molecule has 0 amide bonds. The maximum Gasteiger partial charge on any atom is 0.315 e. The number of nitrogens with zero attached hydrogens (tertiary/aromatic N) is 1. The normalized spacial score (nSPS) is 27.2. The number of carbonyl (C=O) groups excluding carboxylic acids is 2. The van der Waals surface area contributed by atoms with E-state index in [9.17, 15) is 9.59 Å². The van der Waals surface area contributed by atoms with E-state index in [2.05, 4.69) is 4.99 Å². The Bertz CT molecular complexity index is 994. The number of ether oxygens (including phenoxy) is 4. The maximum atomic E-state index is 13.3. The van der Waals surface area contributed by atoms with Crippen LogP contribution in [-0.2, 0) is 19.1 Å². The number of fused-ring (bicyclic) bond motifs is 1. The second-order valence-corrected chi connectivity index (χ2v) is 8.74. The molecule has 0 bridgehead atoms. The third-order valence-electron chi connectivity index (χ3n) is 6.35. The molecule has 4 aliphatic rings. The van der Waals surface area contributed by atoms with Crippen molar-refractivity contribution in [3.8, 4) is 11.5 Å². The molecule has 3 atom stereocenters. The number of hydrogen-bond donors (Lipinski definition) is 0. The third kappa shape index (κ3) is 3.74. The minimum absolute atomic E-state index is 0.00756. The van der Waals surface area contributed by atoms with Crippen molar-refractivity contribution in [3.05, 3.63) is 34.0 Å². The van der Waals surface area contributed by atoms with Crippen molar-refractivity contribution < 1.29 is 28.5 Å². The van der Waals surface area contributed by atoms with Crippen molar-refractivity contribution in [1.82, 2.24) is 0 Å². The number of ketones is 1. The van der Waals surface area contributed by atoms with E-state index < -0.39 is 17.8 Å². The van der Waals surface area contributed by atoms with Gasteiger partial charge in [-0.1, -0.05) is 11.6 Å². The topological polar surface area (TPSA) is 83.4 Å². The van der Waals surface area contributed by atoms with E-state index in [-0.39, 0.29) is 25.3 Å². The zero-order valence-electron chi connectivity index (χ0n) is 17.3. The predicted molar refractivity (Wildman–Crippen MR) is 113 cm³/mol. The van der Waals surface area contributed by atoms with Crippen LogP contribution in [0.1, 0.15) is 50.5 Å². The van der Waals surface area contributed by atoms with Gasteiger partial charge in [-0.25, -0.2) is 0 Å². The average Bonchev–Trinajstić information content (AvgIpc) is 3.42. The lowest BCUT2D eigenvalue weighted by Crippen LogP contribution is -2.38. The molecular weight excluding hydrogens is 422 g/mol. The summed E-state index contributed by atoms with van der Waals surface area (Å²) in [7, 11) is 0. The number of rotatable bonds is 4. The van der Waals surface area contributed by atoms with Gasteiger partial charge in [0, 0.05) is 47.0 Å². The van der Waals surface area contributed by atoms with Gasteiger partial charge < -0.3 is 18.9 Å². The van der Waals surface area contributed by atoms with E-state index in [1.54, 1.807) is 12.1 Å². The fourth-order valence-electron chi connectivity index (χ4n) is 4.86. The molecule has 1 aromatic carbocycles. The molecule has 0 spiro atoms. The lowest BCUT2D eigenvalue weighted by Gasteiger charge is -2.35. The van der Waals surface area contributed by atoms with Crippen LogP contribution in [0.15, 0.2) is 28.4 Å². The second-order valence-electron chi connectivity index (χ2n) is 8.34. The van der Waals surface area contributed by atoms with Gasteiger partial charge >= 0.3 is 5.97 Å². The predicted octanol–water partition coefficient (Wildman–Crippen LogP) is 3.97. The lowest BCUT2D eigenvalue weighted by molar-refractivity contribution is -0.149. The molecule has 1 saturated heterocycles. The Morgan fingerprint density at radius 1 is 1.23 bits per heavy atom. The van der Waals surface area contributed by atoms with Crippen LogP contribution in [0.4, 0.5) is 0 Å². The first-order valence-corrected chi connectivity index (χ1v) is 11.1. The molecule has 3 heterocycles. The molecule has 31 heavy (non-hydrogen) atoms. The van der Waals surface area contributed by atoms with E-state index in [1.165, 1.54) is 0 Å². The Morgan fingerprint density at radius 2 is 2.03 bits per heavy atom. The summed E-state index contributed by atoms with van der Waals surface area (Å²) < 4.78 is 22.2. The second kappa shape index (κ2) is 8.28. The largest absolute Gasteiger partial charge is 0.462 e. The summed E-state index contributed by atoms with van der Waals surface area (Å²) in [4.78, 5) is 30.9. The molecule has 0 saturated carbocycles. The van der Waals surface area contributed by atoms with Crippen LogP contribution < -0.4 is 9.47 Å². The fraction of sp³-hybridized carbons (Fsp3) is 0.522. The van der Waals surface area contributed by atoms with Crippen molar-refractivity contribution in [2.24, 2.45) is 10.9 Å². The molecule has 0 N–H and O–H groups in total. The van der Waals surface area contributed by atoms with Gasteiger partial charge in [0.1, 0.15) is 12.5 Å². The van der Waals surface area contributed by atoms with Crippen LogP contribution in [0.25, 0.3) is 0 Å². The summed E-state index contributed by atoms with van der Waals surface area (Å²) in [5, 5.41) is 0.422. The number of benzene rings is 1. The number of hydrogen-bond acceptors (Lipinski definition) is 7. The number of allylic oxidation sites excluding steroid dienone is 2. The number of carbonyl (C=O) groups is 2. The van der Waals surface area contributed by atoms with Crippen molar-refractivity contribution >= 4 is 29.1 Å². The molecule has 1 fully saturated rings. The van der Waals surface area contributed by atoms with Crippen molar-refractivity contribution in [2.45, 2.75) is 51.0 Å². The van der Waals surface area contributed by atoms with Gasteiger partial charge in [-0.15, -0.1) is 0 Å². The van der Waals surface area contributed by atoms with E-state index in [4.69, 9.17) is 30.5 Å². The van der Waals surface area contributed by atoms with Crippen LogP contribution in [0.2, 0.25) is 5.02 Å². The SMILES string of the molecule is CC1=NC2=C(C(=O)CCC2)[C@@H](c2cc3c(cc2Cl)OCO3)C1C(=O)OC[C@H]1CCCO1. The van der Waals surface area contributed by atoms with E-state index >= 15 is 0 Å². The van der Waals surface area contributed by atoms with Crippen LogP contribution in [0.5, 0.6) is 11.5 Å². The highest BCUT2D eigenvalue weighted by Crippen LogP contribution is 2.48. The van der Waals surface area contributed by atoms with E-state index in [0.29, 0.717) is 52.8 Å². The molecule has 0 aromatic heterocycles. The molecule has 7 nitrogen and oxygen atoms in total. The van der Waals surface area contributed by atoms with Gasteiger partial charge in [0.25, 0.3) is 0 Å². The summed E-state index contributed by atoms with van der Waals surface area (Å²) in [6.07, 6.45) is 3.65. The fourth-order valence-corrected chi connectivity index (χ4v) is 5.13. The number of Topliss-reactive ketones (excluding diaryl/α,β-unsaturated/α-hetero) is 1. The summed E-state index contributed by atoms with van der Waals surface area (Å²) in [5.74, 6) is -0.610. The van der Waals surface area contributed by atoms with Gasteiger partial charge in [-0.05, 0) is 44.2 Å². The van der Waals surface area contributed by atoms with Crippen LogP contribution in [0.3, 0.4) is 0 Å². The molecule has 3 aliphatic heterocycles. The Morgan fingerprint density at radius 3 is 2.81 bits per heavy atom. The standard InChI is InChI=1S/C23H24ClNO6/c1-12-20(23(27)29-10-13-4-3-7-28-13)21(22-16(25-12)5-2-6-17(22)26)14-8-18-19(9-15(14)24)31-11-30-18/h8-9,13,20-21H,2-7,10-11H2,1H3/t13-,20?,21+/m1/s1. The molecule has 1 aromatic rings. The summed E-state index contributed by atoms with van der Waals surface area (Å²) in [5.41, 5.74) is 2.60. The first-order valence-electron chi connectivity index (χ1n) is 10.7. The van der Waals surface area contributed by atoms with E-state index in [0.717, 1.165) is 25.0 Å². The first kappa shape index (κ1) is 20.5.